The van der Waals surface area contributed by atoms with Crippen LogP contribution in [0.1, 0.15) is 49.5 Å². The van der Waals surface area contributed by atoms with Crippen LogP contribution in [0.15, 0.2) is 18.2 Å². The van der Waals surface area contributed by atoms with Gasteiger partial charge in [-0.2, -0.15) is 0 Å². The molecule has 5 heteroatoms. The molecule has 1 aromatic carbocycles. The van der Waals surface area contributed by atoms with Crippen LogP contribution in [0.3, 0.4) is 0 Å². The van der Waals surface area contributed by atoms with Crippen molar-refractivity contribution in [2.24, 2.45) is 5.92 Å². The highest BCUT2D eigenvalue weighted by Gasteiger charge is 2.24. The average molecular weight is 317 g/mol. The van der Waals surface area contributed by atoms with Crippen LogP contribution >= 0.6 is 0 Å². The van der Waals surface area contributed by atoms with Gasteiger partial charge in [-0.3, -0.25) is 9.59 Å². The third-order valence-electron chi connectivity index (χ3n) is 4.15. The molecule has 1 saturated heterocycles. The summed E-state index contributed by atoms with van der Waals surface area (Å²) in [5.74, 6) is 0.0372. The van der Waals surface area contributed by atoms with E-state index in [-0.39, 0.29) is 23.8 Å². The number of benzene rings is 1. The van der Waals surface area contributed by atoms with Crippen LogP contribution < -0.4 is 16.0 Å². The van der Waals surface area contributed by atoms with Crippen LogP contribution in [-0.4, -0.2) is 30.4 Å². The van der Waals surface area contributed by atoms with E-state index in [1.54, 1.807) is 12.1 Å². The number of rotatable bonds is 4. The summed E-state index contributed by atoms with van der Waals surface area (Å²) in [5.41, 5.74) is 2.26. The monoisotopic (exact) mass is 317 g/mol. The molecule has 2 atom stereocenters. The van der Waals surface area contributed by atoms with Crippen molar-refractivity contribution in [3.05, 3.63) is 29.3 Å². The molecule has 2 amide bonds. The zero-order valence-corrected chi connectivity index (χ0v) is 14.4. The number of aryl methyl sites for hydroxylation is 1. The highest BCUT2D eigenvalue weighted by atomic mass is 16.2. The van der Waals surface area contributed by atoms with E-state index in [0.717, 1.165) is 30.6 Å². The smallest absolute Gasteiger partial charge is 0.251 e. The zero-order chi connectivity index (χ0) is 17.0. The largest absolute Gasteiger partial charge is 0.350 e. The van der Waals surface area contributed by atoms with E-state index in [4.69, 9.17) is 0 Å². The first-order valence-corrected chi connectivity index (χ1v) is 8.32. The van der Waals surface area contributed by atoms with E-state index < -0.39 is 0 Å². The quantitative estimate of drug-likeness (QED) is 0.799. The molecule has 3 N–H and O–H groups in total. The van der Waals surface area contributed by atoms with Crippen molar-refractivity contribution >= 4 is 17.5 Å². The van der Waals surface area contributed by atoms with E-state index in [2.05, 4.69) is 22.9 Å². The standard InChI is InChI=1S/C18H27N3O2/c1-11(2)20-18(23)16-6-5-15(9-12(16)3)21-17(22)14-7-8-19-13(4)10-14/h5-6,9,11,13-14,19H,7-8,10H2,1-4H3,(H,20,23)(H,21,22)/t13-,14-/m0/s1. The molecule has 126 valence electrons. The van der Waals surface area contributed by atoms with Gasteiger partial charge in [0.25, 0.3) is 5.91 Å². The fourth-order valence-corrected chi connectivity index (χ4v) is 2.95. The van der Waals surface area contributed by atoms with Crippen molar-refractivity contribution in [1.29, 1.82) is 0 Å². The lowest BCUT2D eigenvalue weighted by molar-refractivity contribution is -0.120. The molecular weight excluding hydrogens is 290 g/mol. The molecule has 2 rings (SSSR count). The van der Waals surface area contributed by atoms with Crippen molar-refractivity contribution in [2.75, 3.05) is 11.9 Å². The molecule has 0 aromatic heterocycles. The first-order valence-electron chi connectivity index (χ1n) is 8.32. The van der Waals surface area contributed by atoms with Crippen molar-refractivity contribution in [2.45, 2.75) is 52.6 Å². The molecular formula is C18H27N3O2. The number of anilines is 1. The van der Waals surface area contributed by atoms with E-state index >= 15 is 0 Å². The lowest BCUT2D eigenvalue weighted by atomic mass is 9.92. The molecule has 1 fully saturated rings. The molecule has 1 aliphatic rings. The molecule has 0 unspecified atom stereocenters. The molecule has 0 saturated carbocycles. The van der Waals surface area contributed by atoms with E-state index in [0.29, 0.717) is 11.6 Å². The SMILES string of the molecule is Cc1cc(NC(=O)[C@H]2CCN[C@@H](C)C2)ccc1C(=O)NC(C)C. The molecule has 1 heterocycles. The predicted octanol–water partition coefficient (Wildman–Crippen LogP) is 2.46. The summed E-state index contributed by atoms with van der Waals surface area (Å²) in [6.07, 6.45) is 1.73. The number of hydrogen-bond acceptors (Lipinski definition) is 3. The van der Waals surface area contributed by atoms with Crippen molar-refractivity contribution < 1.29 is 9.59 Å². The fraction of sp³-hybridized carbons (Fsp3) is 0.556. The summed E-state index contributed by atoms with van der Waals surface area (Å²) in [6.45, 7) is 8.74. The van der Waals surface area contributed by atoms with Crippen LogP contribution in [0, 0.1) is 12.8 Å². The maximum absolute atomic E-state index is 12.4. The second kappa shape index (κ2) is 7.59. The molecule has 0 aliphatic carbocycles. The maximum Gasteiger partial charge on any atom is 0.251 e. The Balaban J connectivity index is 2.02. The highest BCUT2D eigenvalue weighted by molar-refractivity contribution is 5.97. The number of amides is 2. The second-order valence-electron chi connectivity index (χ2n) is 6.72. The first kappa shape index (κ1) is 17.5. The van der Waals surface area contributed by atoms with Gasteiger partial charge in [0, 0.05) is 29.3 Å². The van der Waals surface area contributed by atoms with Crippen LogP contribution in [0.5, 0.6) is 0 Å². The Labute approximate surface area is 138 Å². The van der Waals surface area contributed by atoms with Gasteiger partial charge in [-0.25, -0.2) is 0 Å². The van der Waals surface area contributed by atoms with Crippen LogP contribution in [0.4, 0.5) is 5.69 Å². The van der Waals surface area contributed by atoms with E-state index in [1.807, 2.05) is 26.8 Å². The minimum absolute atomic E-state index is 0.0514. The molecule has 0 bridgehead atoms. The number of nitrogens with one attached hydrogen (secondary N) is 3. The third kappa shape index (κ3) is 4.79. The van der Waals surface area contributed by atoms with Crippen LogP contribution in [0.25, 0.3) is 0 Å². The number of carbonyl (C=O) groups excluding carboxylic acids is 2. The van der Waals surface area contributed by atoms with Gasteiger partial charge in [0.15, 0.2) is 0 Å². The van der Waals surface area contributed by atoms with Crippen molar-refractivity contribution in [3.63, 3.8) is 0 Å². The summed E-state index contributed by atoms with van der Waals surface area (Å²) in [4.78, 5) is 24.5. The van der Waals surface area contributed by atoms with Gasteiger partial charge in [0.1, 0.15) is 0 Å². The van der Waals surface area contributed by atoms with Gasteiger partial charge in [0.2, 0.25) is 5.91 Å². The summed E-state index contributed by atoms with van der Waals surface area (Å²) in [5, 5.41) is 9.22. The summed E-state index contributed by atoms with van der Waals surface area (Å²) in [7, 11) is 0. The molecule has 0 radical (unpaired) electrons. The van der Waals surface area contributed by atoms with Gasteiger partial charge in [-0.1, -0.05) is 0 Å². The normalized spacial score (nSPS) is 21.1. The van der Waals surface area contributed by atoms with E-state index in [9.17, 15) is 9.59 Å². The van der Waals surface area contributed by atoms with Gasteiger partial charge in [-0.15, -0.1) is 0 Å². The fourth-order valence-electron chi connectivity index (χ4n) is 2.95. The van der Waals surface area contributed by atoms with Gasteiger partial charge in [0.05, 0.1) is 0 Å². The Hall–Kier alpha value is -1.88. The number of hydrogen-bond donors (Lipinski definition) is 3. The van der Waals surface area contributed by atoms with Crippen molar-refractivity contribution in [1.82, 2.24) is 10.6 Å². The average Bonchev–Trinajstić information content (AvgIpc) is 2.46. The minimum atomic E-state index is -0.0810. The molecule has 0 spiro atoms. The molecule has 23 heavy (non-hydrogen) atoms. The summed E-state index contributed by atoms with van der Waals surface area (Å²) in [6, 6.07) is 5.90. The maximum atomic E-state index is 12.4. The first-order chi connectivity index (χ1) is 10.9. The number of piperidine rings is 1. The second-order valence-corrected chi connectivity index (χ2v) is 6.72. The van der Waals surface area contributed by atoms with Gasteiger partial charge >= 0.3 is 0 Å². The number of carbonyl (C=O) groups is 2. The van der Waals surface area contributed by atoms with Crippen molar-refractivity contribution in [3.8, 4) is 0 Å². The summed E-state index contributed by atoms with van der Waals surface area (Å²) >= 11 is 0. The Morgan fingerprint density at radius 3 is 2.65 bits per heavy atom. The molecule has 5 nitrogen and oxygen atoms in total. The van der Waals surface area contributed by atoms with Crippen LogP contribution in [0.2, 0.25) is 0 Å². The predicted molar refractivity (Wildman–Crippen MR) is 92.6 cm³/mol. The molecule has 1 aromatic rings. The van der Waals surface area contributed by atoms with Gasteiger partial charge in [-0.05, 0) is 70.8 Å². The van der Waals surface area contributed by atoms with E-state index in [1.165, 1.54) is 0 Å². The van der Waals surface area contributed by atoms with Gasteiger partial charge < -0.3 is 16.0 Å². The third-order valence-corrected chi connectivity index (χ3v) is 4.15. The molecule has 1 aliphatic heterocycles. The Morgan fingerprint density at radius 1 is 1.30 bits per heavy atom. The zero-order valence-electron chi connectivity index (χ0n) is 14.4. The minimum Gasteiger partial charge on any atom is -0.350 e. The topological polar surface area (TPSA) is 70.2 Å². The Kier molecular flexibility index (Phi) is 5.77. The lowest BCUT2D eigenvalue weighted by Gasteiger charge is -2.27. The summed E-state index contributed by atoms with van der Waals surface area (Å²) < 4.78 is 0. The van der Waals surface area contributed by atoms with Crippen LogP contribution in [-0.2, 0) is 4.79 Å². The highest BCUT2D eigenvalue weighted by Crippen LogP contribution is 2.20. The Morgan fingerprint density at radius 2 is 2.04 bits per heavy atom. The Bertz CT molecular complexity index is 584. The lowest BCUT2D eigenvalue weighted by Crippen LogP contribution is -2.40.